The van der Waals surface area contributed by atoms with Gasteiger partial charge in [0.25, 0.3) is 0 Å². The summed E-state index contributed by atoms with van der Waals surface area (Å²) in [5, 5.41) is 8.49. The van der Waals surface area contributed by atoms with Gasteiger partial charge in [-0.1, -0.05) is 48.9 Å². The molecule has 0 aliphatic carbocycles. The van der Waals surface area contributed by atoms with Crippen molar-refractivity contribution < 1.29 is 9.90 Å². The van der Waals surface area contributed by atoms with E-state index in [-0.39, 0.29) is 0 Å². The fourth-order valence-electron chi connectivity index (χ4n) is 2.02. The molecule has 0 amide bonds. The van der Waals surface area contributed by atoms with E-state index in [0.29, 0.717) is 6.42 Å². The van der Waals surface area contributed by atoms with E-state index in [1.165, 1.54) is 12.0 Å². The smallest absolute Gasteiger partial charge is 0.303 e. The molecule has 19 heavy (non-hydrogen) atoms. The van der Waals surface area contributed by atoms with E-state index in [0.717, 1.165) is 38.5 Å². The lowest BCUT2D eigenvalue weighted by Gasteiger charge is -1.98. The van der Waals surface area contributed by atoms with Crippen LogP contribution >= 0.6 is 0 Å². The second-order valence-corrected chi connectivity index (χ2v) is 4.84. The van der Waals surface area contributed by atoms with Crippen molar-refractivity contribution in [2.24, 2.45) is 0 Å². The van der Waals surface area contributed by atoms with Crippen LogP contribution in [0, 0.1) is 0 Å². The number of rotatable bonds is 10. The van der Waals surface area contributed by atoms with E-state index in [1.54, 1.807) is 0 Å². The number of benzene rings is 1. The Balaban J connectivity index is 1.92. The quantitative estimate of drug-likeness (QED) is 0.493. The van der Waals surface area contributed by atoms with Crippen LogP contribution in [0.3, 0.4) is 0 Å². The van der Waals surface area contributed by atoms with E-state index in [4.69, 9.17) is 5.11 Å². The first-order valence-electron chi connectivity index (χ1n) is 7.20. The van der Waals surface area contributed by atoms with Crippen LogP contribution in [0.5, 0.6) is 0 Å². The van der Waals surface area contributed by atoms with E-state index in [1.807, 2.05) is 6.07 Å². The molecule has 0 aromatic heterocycles. The Bertz CT molecular complexity index is 368. The number of carboxylic acid groups (broad SMARTS) is 1. The highest BCUT2D eigenvalue weighted by Gasteiger charge is 1.95. The molecule has 0 fully saturated rings. The van der Waals surface area contributed by atoms with Gasteiger partial charge in [-0.2, -0.15) is 0 Å². The van der Waals surface area contributed by atoms with Crippen LogP contribution in [0.1, 0.15) is 50.5 Å². The van der Waals surface area contributed by atoms with Gasteiger partial charge in [-0.05, 0) is 44.1 Å². The van der Waals surface area contributed by atoms with Gasteiger partial charge in [-0.3, -0.25) is 4.79 Å². The van der Waals surface area contributed by atoms with Crippen LogP contribution < -0.4 is 0 Å². The topological polar surface area (TPSA) is 37.3 Å². The summed E-state index contributed by atoms with van der Waals surface area (Å²) in [6, 6.07) is 10.6. The van der Waals surface area contributed by atoms with Crippen LogP contribution in [0.2, 0.25) is 0 Å². The first-order valence-corrected chi connectivity index (χ1v) is 7.20. The van der Waals surface area contributed by atoms with Gasteiger partial charge in [0.1, 0.15) is 0 Å². The SMILES string of the molecule is O=C(O)CCCCCC=CCCCc1ccccc1. The summed E-state index contributed by atoms with van der Waals surface area (Å²) >= 11 is 0. The first-order chi connectivity index (χ1) is 9.29. The molecule has 0 atom stereocenters. The maximum absolute atomic E-state index is 10.3. The minimum absolute atomic E-state index is 0.306. The molecule has 1 N–H and O–H groups in total. The Kier molecular flexibility index (Phi) is 8.45. The predicted molar refractivity (Wildman–Crippen MR) is 79.2 cm³/mol. The number of hydrogen-bond donors (Lipinski definition) is 1. The molecule has 1 aromatic rings. The van der Waals surface area contributed by atoms with Crippen LogP contribution in [0.15, 0.2) is 42.5 Å². The zero-order valence-electron chi connectivity index (χ0n) is 11.6. The average Bonchev–Trinajstić information content (AvgIpc) is 2.42. The van der Waals surface area contributed by atoms with Crippen molar-refractivity contribution in [1.29, 1.82) is 0 Å². The Morgan fingerprint density at radius 3 is 2.32 bits per heavy atom. The maximum Gasteiger partial charge on any atom is 0.303 e. The predicted octanol–water partition coefficient (Wildman–Crippen LogP) is 4.60. The third kappa shape index (κ3) is 9.06. The standard InChI is InChI=1S/C17H24O2/c18-17(19)15-11-6-4-2-1-3-5-8-12-16-13-9-7-10-14-16/h1,3,7,9-10,13-14H,2,4-6,8,11-12,15H2,(H,18,19). The molecule has 0 saturated carbocycles. The largest absolute Gasteiger partial charge is 0.481 e. The second-order valence-electron chi connectivity index (χ2n) is 4.84. The molecule has 0 heterocycles. The number of allylic oxidation sites excluding steroid dienone is 2. The van der Waals surface area contributed by atoms with Crippen molar-refractivity contribution in [3.8, 4) is 0 Å². The lowest BCUT2D eigenvalue weighted by atomic mass is 10.1. The molecular weight excluding hydrogens is 236 g/mol. The van der Waals surface area contributed by atoms with Crippen LogP contribution in [0.25, 0.3) is 0 Å². The Morgan fingerprint density at radius 1 is 0.947 bits per heavy atom. The highest BCUT2D eigenvalue weighted by atomic mass is 16.4. The summed E-state index contributed by atoms with van der Waals surface area (Å²) in [6.45, 7) is 0. The van der Waals surface area contributed by atoms with Crippen molar-refractivity contribution in [1.82, 2.24) is 0 Å². The summed E-state index contributed by atoms with van der Waals surface area (Å²) in [7, 11) is 0. The molecule has 1 aromatic carbocycles. The third-order valence-electron chi connectivity index (χ3n) is 3.11. The Labute approximate surface area is 116 Å². The zero-order valence-corrected chi connectivity index (χ0v) is 11.6. The van der Waals surface area contributed by atoms with Crippen molar-refractivity contribution in [2.45, 2.75) is 51.4 Å². The summed E-state index contributed by atoms with van der Waals surface area (Å²) in [6.07, 6.45) is 12.2. The maximum atomic E-state index is 10.3. The summed E-state index contributed by atoms with van der Waals surface area (Å²) in [5.41, 5.74) is 1.41. The third-order valence-corrected chi connectivity index (χ3v) is 3.11. The van der Waals surface area contributed by atoms with Gasteiger partial charge in [-0.15, -0.1) is 0 Å². The van der Waals surface area contributed by atoms with Crippen LogP contribution in [0.4, 0.5) is 0 Å². The summed E-state index contributed by atoms with van der Waals surface area (Å²) in [4.78, 5) is 10.3. The lowest BCUT2D eigenvalue weighted by molar-refractivity contribution is -0.137. The zero-order chi connectivity index (χ0) is 13.8. The molecule has 0 aliphatic rings. The van der Waals surface area contributed by atoms with Crippen molar-refractivity contribution in [3.05, 3.63) is 48.0 Å². The monoisotopic (exact) mass is 260 g/mol. The fraction of sp³-hybridized carbons (Fsp3) is 0.471. The van der Waals surface area contributed by atoms with E-state index in [9.17, 15) is 4.79 Å². The van der Waals surface area contributed by atoms with Crippen molar-refractivity contribution >= 4 is 5.97 Å². The molecular formula is C17H24O2. The normalized spacial score (nSPS) is 10.9. The fourth-order valence-corrected chi connectivity index (χ4v) is 2.02. The number of carbonyl (C=O) groups is 1. The van der Waals surface area contributed by atoms with E-state index in [2.05, 4.69) is 36.4 Å². The van der Waals surface area contributed by atoms with Crippen molar-refractivity contribution in [2.75, 3.05) is 0 Å². The Morgan fingerprint density at radius 2 is 1.63 bits per heavy atom. The van der Waals surface area contributed by atoms with Gasteiger partial charge in [0.2, 0.25) is 0 Å². The molecule has 2 nitrogen and oxygen atoms in total. The number of hydrogen-bond acceptors (Lipinski definition) is 1. The number of aliphatic carboxylic acids is 1. The van der Waals surface area contributed by atoms with Gasteiger partial charge in [-0.25, -0.2) is 0 Å². The molecule has 0 spiro atoms. The van der Waals surface area contributed by atoms with Gasteiger partial charge < -0.3 is 5.11 Å². The molecule has 104 valence electrons. The van der Waals surface area contributed by atoms with Crippen LogP contribution in [-0.2, 0) is 11.2 Å². The highest BCUT2D eigenvalue weighted by molar-refractivity contribution is 5.66. The lowest BCUT2D eigenvalue weighted by Crippen LogP contribution is -1.93. The average molecular weight is 260 g/mol. The second kappa shape index (κ2) is 10.4. The molecule has 2 heteroatoms. The van der Waals surface area contributed by atoms with Gasteiger partial charge >= 0.3 is 5.97 Å². The van der Waals surface area contributed by atoms with E-state index >= 15 is 0 Å². The van der Waals surface area contributed by atoms with Crippen molar-refractivity contribution in [3.63, 3.8) is 0 Å². The molecule has 0 aliphatic heterocycles. The number of aryl methyl sites for hydroxylation is 1. The minimum atomic E-state index is -0.684. The summed E-state index contributed by atoms with van der Waals surface area (Å²) in [5.74, 6) is -0.684. The number of unbranched alkanes of at least 4 members (excludes halogenated alkanes) is 4. The molecule has 0 radical (unpaired) electrons. The van der Waals surface area contributed by atoms with Gasteiger partial charge in [0.05, 0.1) is 0 Å². The highest BCUT2D eigenvalue weighted by Crippen LogP contribution is 2.07. The number of carboxylic acids is 1. The minimum Gasteiger partial charge on any atom is -0.481 e. The molecule has 0 saturated heterocycles. The summed E-state index contributed by atoms with van der Waals surface area (Å²) < 4.78 is 0. The van der Waals surface area contributed by atoms with Crippen LogP contribution in [-0.4, -0.2) is 11.1 Å². The van der Waals surface area contributed by atoms with Gasteiger partial charge in [0.15, 0.2) is 0 Å². The van der Waals surface area contributed by atoms with E-state index < -0.39 is 5.97 Å². The molecule has 0 unspecified atom stereocenters. The first kappa shape index (κ1) is 15.5. The Hall–Kier alpha value is -1.57. The van der Waals surface area contributed by atoms with Gasteiger partial charge in [0, 0.05) is 6.42 Å². The molecule has 1 rings (SSSR count). The molecule has 0 bridgehead atoms.